The van der Waals surface area contributed by atoms with Gasteiger partial charge in [0.1, 0.15) is 23.0 Å². The van der Waals surface area contributed by atoms with Crippen LogP contribution in [0.25, 0.3) is 0 Å². The standard InChI is InChI=1S/C26H27NO3.2C25H25NO3.C24H23NO3.C24H23NO2S/c1-3-4-16-30-25-15-8-6-13-22(25)26(29)27-23-14-7-5-12-21(23)24(28)18-20-11-9-10-19(2)17-20;1-17(2)29-24-14-7-5-12-21(24)25(28)26-22-13-6-4-11-20(22)23(27)16-19-10-8-9-18(3)15-19;1-3-15-29-24-14-7-5-12-21(24)25(28)26-22-13-6-4-11-20(22)23(27)17-19-10-8-9-18(2)16-19;2*1-3-28-23-14-7-5-12-20(23)24(27)25-21-13-6-4-11-19(21)22(26)16-18-10-8-9-17(2)15-18/h5-15,17H,3-4,16,18H2,1-2H3,(H,27,29);4-15,17H,16H2,1-3H3,(H,26,28);4-14,16H,3,15,17H2,1-2H3,(H,26,28);2*4-15H,3,16H2,1-2H3,(H,25,27). The highest BCUT2D eigenvalue weighted by atomic mass is 32.2. The van der Waals surface area contributed by atoms with Gasteiger partial charge < -0.3 is 45.5 Å². The molecular formula is C124H123N5O14S. The maximum absolute atomic E-state index is 12.9. The highest BCUT2D eigenvalue weighted by molar-refractivity contribution is 7.99. The molecule has 0 saturated carbocycles. The number of unbranched alkanes of at least 4 members (excludes halogenated alkanes) is 1. The number of benzene rings is 15. The van der Waals surface area contributed by atoms with Crippen molar-refractivity contribution in [2.75, 3.05) is 52.2 Å². The minimum atomic E-state index is -0.308. The topological polar surface area (TPSA) is 268 Å². The first-order chi connectivity index (χ1) is 69.8. The number of aryl methyl sites for hydroxylation is 5. The van der Waals surface area contributed by atoms with Crippen LogP contribution in [0.4, 0.5) is 28.4 Å². The third-order valence-electron chi connectivity index (χ3n) is 22.5. The number of rotatable bonds is 38. The third-order valence-corrected chi connectivity index (χ3v) is 23.4. The Morgan fingerprint density at radius 3 is 0.750 bits per heavy atom. The lowest BCUT2D eigenvalue weighted by atomic mass is 10.00. The fourth-order valence-corrected chi connectivity index (χ4v) is 16.4. The van der Waals surface area contributed by atoms with Gasteiger partial charge in [-0.3, -0.25) is 47.9 Å². The van der Waals surface area contributed by atoms with Gasteiger partial charge >= 0.3 is 0 Å². The van der Waals surface area contributed by atoms with Gasteiger partial charge in [0.15, 0.2) is 28.9 Å². The predicted octanol–water partition coefficient (Wildman–Crippen LogP) is 27.6. The van der Waals surface area contributed by atoms with Crippen molar-refractivity contribution in [1.29, 1.82) is 0 Å². The normalized spacial score (nSPS) is 10.5. The number of para-hydroxylation sites is 9. The number of anilines is 5. The first kappa shape index (κ1) is 108. The molecule has 0 unspecified atom stereocenters. The van der Waals surface area contributed by atoms with Crippen LogP contribution in [-0.2, 0) is 32.1 Å². The SMILES string of the molecule is CCCCOc1ccccc1C(=O)Nc1ccccc1C(=O)Cc1cccc(C)c1.CCCOc1ccccc1C(=O)Nc1ccccc1C(=O)Cc1cccc(C)c1.CCOc1ccccc1C(=O)Nc1ccccc1C(=O)Cc1cccc(C)c1.CCSc1ccccc1C(=O)Nc1ccccc1C(=O)Cc1cccc(C)c1.Cc1cccc(CC(=O)c2ccccc2NC(=O)c2ccccc2OC(C)C)c1. The number of carbonyl (C=O) groups excluding carboxylic acids is 10. The van der Waals surface area contributed by atoms with Gasteiger partial charge in [-0.2, -0.15) is 0 Å². The van der Waals surface area contributed by atoms with E-state index in [9.17, 15) is 47.9 Å². The minimum absolute atomic E-state index is 0.0160. The second kappa shape index (κ2) is 56.1. The van der Waals surface area contributed by atoms with Gasteiger partial charge in [-0.15, -0.1) is 11.8 Å². The zero-order chi connectivity index (χ0) is 103. The maximum atomic E-state index is 12.9. The van der Waals surface area contributed by atoms with E-state index in [0.29, 0.717) is 133 Å². The Labute approximate surface area is 849 Å². The molecule has 144 heavy (non-hydrogen) atoms. The lowest BCUT2D eigenvalue weighted by Gasteiger charge is -2.15. The Balaban J connectivity index is 0.000000172. The Morgan fingerprint density at radius 1 is 0.250 bits per heavy atom. The van der Waals surface area contributed by atoms with Crippen LogP contribution >= 0.6 is 11.8 Å². The highest BCUT2D eigenvalue weighted by Crippen LogP contribution is 2.32. The van der Waals surface area contributed by atoms with Gasteiger partial charge in [0.2, 0.25) is 0 Å². The van der Waals surface area contributed by atoms with E-state index in [0.717, 1.165) is 85.5 Å². The third kappa shape index (κ3) is 33.1. The van der Waals surface area contributed by atoms with Crippen LogP contribution in [0.3, 0.4) is 0 Å². The van der Waals surface area contributed by atoms with Gasteiger partial charge in [-0.25, -0.2) is 0 Å². The Bertz CT molecular complexity index is 6800. The number of hydrogen-bond acceptors (Lipinski definition) is 15. The molecule has 20 heteroatoms. The van der Waals surface area contributed by atoms with Gasteiger partial charge in [0.25, 0.3) is 29.5 Å². The molecule has 0 aromatic heterocycles. The van der Waals surface area contributed by atoms with E-state index in [-0.39, 0.29) is 90.2 Å². The van der Waals surface area contributed by atoms with Gasteiger partial charge in [0.05, 0.1) is 82.2 Å². The van der Waals surface area contributed by atoms with E-state index in [4.69, 9.17) is 18.9 Å². The maximum Gasteiger partial charge on any atom is 0.259 e. The van der Waals surface area contributed by atoms with Crippen LogP contribution in [0.1, 0.15) is 220 Å². The summed E-state index contributed by atoms with van der Waals surface area (Å²) in [6.07, 6.45) is 4.18. The first-order valence-corrected chi connectivity index (χ1v) is 49.3. The predicted molar refractivity (Wildman–Crippen MR) is 580 cm³/mol. The molecule has 15 rings (SSSR count). The van der Waals surface area contributed by atoms with Crippen molar-refractivity contribution in [2.24, 2.45) is 0 Å². The molecule has 15 aromatic rings. The summed E-state index contributed by atoms with van der Waals surface area (Å²) in [5, 5.41) is 14.5. The van der Waals surface area contributed by atoms with Crippen LogP contribution in [0.5, 0.6) is 23.0 Å². The number of Topliss-reactive ketones (excluding diaryl/α,β-unsaturated/α-hetero) is 5. The average Bonchev–Trinajstić information content (AvgIpc) is 0.837. The van der Waals surface area contributed by atoms with Crippen molar-refractivity contribution in [3.63, 3.8) is 0 Å². The van der Waals surface area contributed by atoms with Gasteiger partial charge in [-0.1, -0.05) is 298 Å². The summed E-state index contributed by atoms with van der Waals surface area (Å²) in [5.74, 6) is 1.42. The number of ether oxygens (including phenoxy) is 4. The zero-order valence-electron chi connectivity index (χ0n) is 83.3. The number of carbonyl (C=O) groups is 10. The van der Waals surface area contributed by atoms with Crippen LogP contribution in [0, 0.1) is 34.6 Å². The Hall–Kier alpha value is -16.5. The smallest absolute Gasteiger partial charge is 0.259 e. The van der Waals surface area contributed by atoms with Gasteiger partial charge in [-0.05, 0) is 223 Å². The molecular weight excluding hydrogens is 1820 g/mol. The van der Waals surface area contributed by atoms with Crippen LogP contribution in [-0.4, -0.2) is 90.1 Å². The van der Waals surface area contributed by atoms with Gasteiger partial charge in [0, 0.05) is 64.8 Å². The molecule has 0 atom stereocenters. The van der Waals surface area contributed by atoms with Crippen molar-refractivity contribution in [3.8, 4) is 23.0 Å². The molecule has 0 saturated heterocycles. The van der Waals surface area contributed by atoms with Crippen LogP contribution < -0.4 is 45.5 Å². The number of amides is 5. The molecule has 15 aromatic carbocycles. The minimum Gasteiger partial charge on any atom is -0.493 e. The number of ketones is 5. The molecule has 0 aliphatic heterocycles. The zero-order valence-corrected chi connectivity index (χ0v) is 84.1. The molecule has 0 heterocycles. The number of hydrogen-bond donors (Lipinski definition) is 5. The van der Waals surface area contributed by atoms with Crippen molar-refractivity contribution in [1.82, 2.24) is 0 Å². The van der Waals surface area contributed by atoms with Crippen molar-refractivity contribution >= 4 is 98.7 Å². The summed E-state index contributed by atoms with van der Waals surface area (Å²) >= 11 is 1.63. The lowest BCUT2D eigenvalue weighted by molar-refractivity contribution is 0.0983. The van der Waals surface area contributed by atoms with E-state index in [1.807, 2.05) is 250 Å². The molecule has 0 radical (unpaired) electrons. The monoisotopic (exact) mass is 1940 g/mol. The fraction of sp³-hybridized carbons (Fsp3) is 0.194. The molecule has 734 valence electrons. The number of thioether (sulfide) groups is 1. The van der Waals surface area contributed by atoms with E-state index in [1.165, 1.54) is 0 Å². The molecule has 0 aliphatic carbocycles. The summed E-state index contributed by atoms with van der Waals surface area (Å²) in [6.45, 7) is 23.4. The highest BCUT2D eigenvalue weighted by Gasteiger charge is 2.25. The largest absolute Gasteiger partial charge is 0.493 e. The molecule has 0 spiro atoms. The summed E-state index contributed by atoms with van der Waals surface area (Å²) in [6, 6.07) is 111. The summed E-state index contributed by atoms with van der Waals surface area (Å²) < 4.78 is 22.7. The van der Waals surface area contributed by atoms with E-state index >= 15 is 0 Å². The van der Waals surface area contributed by atoms with E-state index < -0.39 is 0 Å². The van der Waals surface area contributed by atoms with E-state index in [2.05, 4.69) is 40.4 Å². The fourth-order valence-electron chi connectivity index (χ4n) is 15.6. The Morgan fingerprint density at radius 2 is 0.486 bits per heavy atom. The second-order valence-corrected chi connectivity index (χ2v) is 35.8. The first-order valence-electron chi connectivity index (χ1n) is 48.4. The second-order valence-electron chi connectivity index (χ2n) is 34.5. The number of nitrogens with one attached hydrogen (secondary N) is 5. The molecule has 0 aliphatic rings. The molecule has 5 N–H and O–H groups in total. The van der Waals surface area contributed by atoms with E-state index in [1.54, 1.807) is 188 Å². The summed E-state index contributed by atoms with van der Waals surface area (Å²) in [4.78, 5) is 130. The molecule has 0 bridgehead atoms. The van der Waals surface area contributed by atoms with Crippen molar-refractivity contribution in [2.45, 2.75) is 139 Å². The van der Waals surface area contributed by atoms with Crippen LogP contribution in [0.2, 0.25) is 0 Å². The molecule has 19 nitrogen and oxygen atoms in total. The quantitative estimate of drug-likeness (QED) is 0.0137. The van der Waals surface area contributed by atoms with Crippen molar-refractivity contribution < 1.29 is 66.9 Å². The lowest BCUT2D eigenvalue weighted by Crippen LogP contribution is -2.17. The molecule has 0 fully saturated rings. The molecule has 5 amide bonds. The average molecular weight is 1940 g/mol. The summed E-state index contributed by atoms with van der Waals surface area (Å²) in [5.41, 5.74) is 17.8. The van der Waals surface area contributed by atoms with Crippen molar-refractivity contribution in [3.05, 3.63) is 475 Å². The van der Waals surface area contributed by atoms with Crippen LogP contribution in [0.15, 0.2) is 369 Å². The summed E-state index contributed by atoms with van der Waals surface area (Å²) in [7, 11) is 0. The Kier molecular flexibility index (Phi) is 42.1.